The summed E-state index contributed by atoms with van der Waals surface area (Å²) in [6.07, 6.45) is -0.214. The predicted molar refractivity (Wildman–Crippen MR) is 174 cm³/mol. The highest BCUT2D eigenvalue weighted by atomic mass is 16.6. The number of benzene rings is 2. The first-order valence-corrected chi connectivity index (χ1v) is 15.9. The quantitative estimate of drug-likeness (QED) is 0.190. The van der Waals surface area contributed by atoms with Crippen molar-refractivity contribution in [1.29, 1.82) is 0 Å². The van der Waals surface area contributed by atoms with E-state index in [0.29, 0.717) is 13.1 Å². The minimum absolute atomic E-state index is 0.0555. The fraction of sp³-hybridized carbons (Fsp3) is 0.441. The zero-order valence-electron chi connectivity index (χ0n) is 27.3. The van der Waals surface area contributed by atoms with E-state index in [1.807, 2.05) is 36.1 Å². The molecule has 2 aromatic carbocycles. The number of phenolic OH excluding ortho intramolecular Hbond substituents is 1. The van der Waals surface area contributed by atoms with Crippen LogP contribution in [0.4, 0.5) is 0 Å². The molecule has 2 fully saturated rings. The Labute approximate surface area is 278 Å². The molecule has 4 aliphatic rings. The Hall–Kier alpha value is -4.05. The van der Waals surface area contributed by atoms with Crippen LogP contribution in [0.1, 0.15) is 30.0 Å². The lowest BCUT2D eigenvalue weighted by molar-refractivity contribution is -0.159. The van der Waals surface area contributed by atoms with Gasteiger partial charge in [0.15, 0.2) is 11.4 Å². The van der Waals surface area contributed by atoms with E-state index < -0.39 is 82.1 Å². The highest BCUT2D eigenvalue weighted by Gasteiger charge is 2.66. The molecule has 1 amide bonds. The fourth-order valence-corrected chi connectivity index (χ4v) is 7.66. The second-order valence-corrected chi connectivity index (χ2v) is 13.4. The number of aromatic hydroxyl groups is 1. The van der Waals surface area contributed by atoms with Gasteiger partial charge in [0.1, 0.15) is 22.8 Å². The highest BCUT2D eigenvalue weighted by molar-refractivity contribution is 6.61. The van der Waals surface area contributed by atoms with Crippen LogP contribution in [0.15, 0.2) is 59.4 Å². The van der Waals surface area contributed by atoms with Gasteiger partial charge in [0.25, 0.3) is 5.91 Å². The third kappa shape index (κ3) is 5.33. The molecule has 5 unspecified atom stereocenters. The molecule has 0 radical (unpaired) electrons. The second-order valence-electron chi connectivity index (χ2n) is 13.4. The number of Topliss-reactive ketones (excluding diaryl/α,β-unsaturated/α-hetero) is 2. The zero-order chi connectivity index (χ0) is 34.7. The molecule has 0 aromatic heterocycles. The first-order valence-electron chi connectivity index (χ1n) is 15.9. The van der Waals surface area contributed by atoms with E-state index in [-0.39, 0.29) is 37.4 Å². The minimum atomic E-state index is -2.79. The van der Waals surface area contributed by atoms with Gasteiger partial charge in [0.05, 0.1) is 23.9 Å². The Kier molecular flexibility index (Phi) is 8.77. The number of fused-ring (bicyclic) bond motifs is 3. The maximum atomic E-state index is 14.3. The van der Waals surface area contributed by atoms with E-state index in [4.69, 9.17) is 9.31 Å². The number of carbonyl (C=O) groups excluding carboxylic acids is 3. The van der Waals surface area contributed by atoms with Crippen molar-refractivity contribution in [1.82, 2.24) is 15.1 Å². The van der Waals surface area contributed by atoms with Crippen LogP contribution in [-0.2, 0) is 29.3 Å². The molecule has 48 heavy (non-hydrogen) atoms. The van der Waals surface area contributed by atoms with Crippen LogP contribution in [0.2, 0.25) is 0 Å². The topological polar surface area (TPSA) is 189 Å². The molecule has 6 rings (SSSR count). The van der Waals surface area contributed by atoms with Crippen molar-refractivity contribution in [3.05, 3.63) is 76.1 Å². The number of rotatable bonds is 5. The molecule has 0 spiro atoms. The Bertz CT molecular complexity index is 1730. The number of aliphatic hydroxyl groups is 4. The maximum absolute atomic E-state index is 14.3. The van der Waals surface area contributed by atoms with E-state index in [0.717, 1.165) is 11.0 Å². The molecule has 1 aliphatic heterocycles. The Morgan fingerprint density at radius 1 is 1.06 bits per heavy atom. The Balaban J connectivity index is 1.27. The molecule has 1 saturated heterocycles. The molecule has 1 heterocycles. The summed E-state index contributed by atoms with van der Waals surface area (Å²) in [5.74, 6) is -7.54. The van der Waals surface area contributed by atoms with Crippen LogP contribution in [0, 0.1) is 18.8 Å². The number of aryl methyl sites for hydroxylation is 1. The number of likely N-dealkylation sites (N-methyl/N-ethyl adjacent to an activating group) is 1. The molecular weight excluding hydrogens is 621 g/mol. The minimum Gasteiger partial charge on any atom is -0.508 e. The number of phenols is 1. The molecule has 0 bridgehead atoms. The summed E-state index contributed by atoms with van der Waals surface area (Å²) in [5.41, 5.74) is -3.81. The van der Waals surface area contributed by atoms with Crippen molar-refractivity contribution in [3.8, 4) is 5.75 Å². The van der Waals surface area contributed by atoms with Gasteiger partial charge in [-0.25, -0.2) is 0 Å². The number of ketones is 2. The Morgan fingerprint density at radius 2 is 1.73 bits per heavy atom. The number of hydrogen-bond donors (Lipinski definition) is 6. The van der Waals surface area contributed by atoms with Crippen LogP contribution >= 0.6 is 0 Å². The van der Waals surface area contributed by atoms with Gasteiger partial charge in [0, 0.05) is 43.7 Å². The van der Waals surface area contributed by atoms with E-state index in [1.54, 1.807) is 14.1 Å². The smallest absolute Gasteiger partial charge is 0.493 e. The molecule has 5 atom stereocenters. The second kappa shape index (κ2) is 12.4. The van der Waals surface area contributed by atoms with Crippen LogP contribution in [0.5, 0.6) is 5.75 Å². The average Bonchev–Trinajstić information content (AvgIpc) is 3.01. The number of amides is 1. The van der Waals surface area contributed by atoms with E-state index in [1.165, 1.54) is 30.0 Å². The summed E-state index contributed by atoms with van der Waals surface area (Å²) < 4.78 is 11.8. The predicted octanol–water partition coefficient (Wildman–Crippen LogP) is 0.270. The summed E-state index contributed by atoms with van der Waals surface area (Å²) in [6, 6.07) is 10.8. The molecule has 14 heteroatoms. The SMILES string of the molecule is Cc1cccc(B2OCCN(CNC(=O)C3=C(O)C4(O)C(=O)C5=C(O)c6c(O)cccc6C(C)(O)C5CC4C(N(C)C)C3=O)CCO2)c1. The van der Waals surface area contributed by atoms with Crippen molar-refractivity contribution in [2.75, 3.05) is 47.1 Å². The van der Waals surface area contributed by atoms with Gasteiger partial charge in [-0.2, -0.15) is 0 Å². The molecule has 13 nitrogen and oxygen atoms in total. The van der Waals surface area contributed by atoms with Gasteiger partial charge in [-0.15, -0.1) is 0 Å². The van der Waals surface area contributed by atoms with Crippen molar-refractivity contribution in [2.24, 2.45) is 11.8 Å². The molecule has 1 saturated carbocycles. The van der Waals surface area contributed by atoms with Crippen LogP contribution in [-0.4, -0.2) is 119 Å². The first kappa shape index (κ1) is 33.8. The zero-order valence-corrected chi connectivity index (χ0v) is 27.3. The van der Waals surface area contributed by atoms with Gasteiger partial charge >= 0.3 is 7.12 Å². The van der Waals surface area contributed by atoms with E-state index in [2.05, 4.69) is 5.32 Å². The fourth-order valence-electron chi connectivity index (χ4n) is 7.66. The lowest BCUT2D eigenvalue weighted by atomic mass is 9.54. The van der Waals surface area contributed by atoms with Crippen LogP contribution in [0.25, 0.3) is 5.76 Å². The number of carbonyl (C=O) groups is 3. The standard InChI is InChI=1S/C34H40BN3O10/c1-18-7-5-8-19(15-18)35-47-13-11-38(12-14-48-35)17-36-32(44)26-29(41)27(37(3)4)22-16-21-25(30(42)34(22,46)31(26)43)28(40)24-20(33(21,2)45)9-6-10-23(24)39/h5-10,15,21-22,27,39-40,43,45-46H,11-14,16-17H2,1-4H3,(H,36,44). The molecule has 3 aliphatic carbocycles. The molecule has 6 N–H and O–H groups in total. The monoisotopic (exact) mass is 661 g/mol. The first-order chi connectivity index (χ1) is 22.7. The third-order valence-corrected chi connectivity index (χ3v) is 10.1. The number of aliphatic hydroxyl groups excluding tert-OH is 2. The van der Waals surface area contributed by atoms with Gasteiger partial charge < -0.3 is 40.2 Å². The summed E-state index contributed by atoms with van der Waals surface area (Å²) in [4.78, 5) is 45.1. The number of nitrogens with zero attached hydrogens (tertiary/aromatic N) is 2. The number of nitrogens with one attached hydrogen (secondary N) is 1. The van der Waals surface area contributed by atoms with Gasteiger partial charge in [-0.3, -0.25) is 24.2 Å². The van der Waals surface area contributed by atoms with Crippen molar-refractivity contribution in [2.45, 2.75) is 37.5 Å². The third-order valence-electron chi connectivity index (χ3n) is 10.1. The largest absolute Gasteiger partial charge is 0.508 e. The van der Waals surface area contributed by atoms with E-state index in [9.17, 15) is 39.9 Å². The summed E-state index contributed by atoms with van der Waals surface area (Å²) in [7, 11) is 2.56. The highest BCUT2D eigenvalue weighted by Crippen LogP contribution is 2.57. The van der Waals surface area contributed by atoms with Crippen molar-refractivity contribution in [3.63, 3.8) is 0 Å². The number of hydrogen-bond acceptors (Lipinski definition) is 12. The lowest BCUT2D eigenvalue weighted by Crippen LogP contribution is -2.67. The normalized spacial score (nSPS) is 29.6. The van der Waals surface area contributed by atoms with Crippen LogP contribution in [0.3, 0.4) is 0 Å². The van der Waals surface area contributed by atoms with E-state index >= 15 is 0 Å². The van der Waals surface area contributed by atoms with Gasteiger partial charge in [-0.05, 0) is 51.5 Å². The maximum Gasteiger partial charge on any atom is 0.493 e. The Morgan fingerprint density at radius 3 is 2.38 bits per heavy atom. The van der Waals surface area contributed by atoms with Gasteiger partial charge in [-0.1, -0.05) is 42.0 Å². The molecule has 2 aromatic rings. The lowest BCUT2D eigenvalue weighted by Gasteiger charge is -2.53. The summed E-state index contributed by atoms with van der Waals surface area (Å²) >= 11 is 0. The summed E-state index contributed by atoms with van der Waals surface area (Å²) in [6.45, 7) is 4.74. The van der Waals surface area contributed by atoms with Crippen molar-refractivity contribution >= 4 is 35.8 Å². The average molecular weight is 662 g/mol. The molecular formula is C34H40BN3O10. The summed E-state index contributed by atoms with van der Waals surface area (Å²) in [5, 5.41) is 59.8. The molecule has 254 valence electrons. The van der Waals surface area contributed by atoms with Crippen molar-refractivity contribution < 1.29 is 49.2 Å². The van der Waals surface area contributed by atoms with Gasteiger partial charge in [0.2, 0.25) is 5.78 Å². The van der Waals surface area contributed by atoms with Crippen LogP contribution < -0.4 is 10.8 Å².